The molecule has 2 aromatic rings. The highest BCUT2D eigenvalue weighted by molar-refractivity contribution is 5.40. The fraction of sp³-hybridized carbons (Fsp3) is 0.375. The van der Waals surface area contributed by atoms with Gasteiger partial charge in [0.05, 0.1) is 0 Å². The minimum absolute atomic E-state index is 0.866. The van der Waals surface area contributed by atoms with Gasteiger partial charge in [0, 0.05) is 31.4 Å². The van der Waals surface area contributed by atoms with E-state index in [1.165, 1.54) is 5.56 Å². The highest BCUT2D eigenvalue weighted by atomic mass is 15.2. The number of nitrogens with zero attached hydrogens (tertiary/aromatic N) is 4. The van der Waals surface area contributed by atoms with Crippen LogP contribution >= 0.6 is 0 Å². The van der Waals surface area contributed by atoms with Gasteiger partial charge < -0.3 is 9.80 Å². The first-order valence-corrected chi connectivity index (χ1v) is 6.87. The molecule has 0 N–H and O–H groups in total. The standard InChI is InChI=1S/C16H22N4/c1-14-11-16(18-13-17-14)20(10-9-19(2)3)12-15-7-5-4-6-8-15/h4-8,11,13H,9-10,12H2,1-3H3. The van der Waals surface area contributed by atoms with E-state index in [2.05, 4.69) is 58.1 Å². The van der Waals surface area contributed by atoms with E-state index in [9.17, 15) is 0 Å². The molecule has 0 aliphatic carbocycles. The van der Waals surface area contributed by atoms with Crippen LogP contribution in [0.5, 0.6) is 0 Å². The van der Waals surface area contributed by atoms with E-state index in [1.807, 2.05) is 19.1 Å². The molecule has 0 bridgehead atoms. The zero-order valence-electron chi connectivity index (χ0n) is 12.5. The van der Waals surface area contributed by atoms with Crippen LogP contribution in [0, 0.1) is 6.92 Å². The van der Waals surface area contributed by atoms with Crippen LogP contribution in [0.25, 0.3) is 0 Å². The molecule has 20 heavy (non-hydrogen) atoms. The molecule has 0 unspecified atom stereocenters. The molecule has 1 heterocycles. The zero-order chi connectivity index (χ0) is 14.4. The van der Waals surface area contributed by atoms with Crippen molar-refractivity contribution >= 4 is 5.82 Å². The highest BCUT2D eigenvalue weighted by Crippen LogP contribution is 2.14. The van der Waals surface area contributed by atoms with Crippen LogP contribution in [0.4, 0.5) is 5.82 Å². The minimum atomic E-state index is 0.866. The summed E-state index contributed by atoms with van der Waals surface area (Å²) in [7, 11) is 4.18. The molecule has 1 aromatic heterocycles. The Labute approximate surface area is 121 Å². The predicted molar refractivity (Wildman–Crippen MR) is 82.8 cm³/mol. The third-order valence-corrected chi connectivity index (χ3v) is 3.15. The van der Waals surface area contributed by atoms with Gasteiger partial charge in [-0.1, -0.05) is 30.3 Å². The number of aromatic nitrogens is 2. The summed E-state index contributed by atoms with van der Waals surface area (Å²) in [6.07, 6.45) is 1.64. The van der Waals surface area contributed by atoms with Crippen molar-refractivity contribution in [1.82, 2.24) is 14.9 Å². The molecule has 0 aliphatic heterocycles. The molecule has 0 saturated heterocycles. The molecule has 4 nitrogen and oxygen atoms in total. The van der Waals surface area contributed by atoms with Gasteiger partial charge in [-0.05, 0) is 26.6 Å². The maximum Gasteiger partial charge on any atom is 0.132 e. The van der Waals surface area contributed by atoms with E-state index < -0.39 is 0 Å². The number of hydrogen-bond donors (Lipinski definition) is 0. The molecule has 0 radical (unpaired) electrons. The summed E-state index contributed by atoms with van der Waals surface area (Å²) in [5.74, 6) is 0.989. The number of aryl methyl sites for hydroxylation is 1. The lowest BCUT2D eigenvalue weighted by atomic mass is 10.2. The van der Waals surface area contributed by atoms with Crippen LogP contribution in [0.15, 0.2) is 42.7 Å². The number of anilines is 1. The largest absolute Gasteiger partial charge is 0.351 e. The Bertz CT molecular complexity index is 525. The van der Waals surface area contributed by atoms with Crippen LogP contribution < -0.4 is 4.90 Å². The van der Waals surface area contributed by atoms with Gasteiger partial charge in [-0.15, -0.1) is 0 Å². The van der Waals surface area contributed by atoms with E-state index in [1.54, 1.807) is 6.33 Å². The molecule has 0 atom stereocenters. The molecule has 2 rings (SSSR count). The van der Waals surface area contributed by atoms with E-state index in [0.717, 1.165) is 31.1 Å². The van der Waals surface area contributed by atoms with Crippen molar-refractivity contribution in [1.29, 1.82) is 0 Å². The second kappa shape index (κ2) is 7.01. The molecular weight excluding hydrogens is 248 g/mol. The normalized spacial score (nSPS) is 10.8. The maximum absolute atomic E-state index is 4.41. The molecular formula is C16H22N4. The summed E-state index contributed by atoms with van der Waals surface area (Å²) in [4.78, 5) is 13.1. The van der Waals surface area contributed by atoms with Crippen molar-refractivity contribution in [3.05, 3.63) is 54.0 Å². The van der Waals surface area contributed by atoms with Gasteiger partial charge in [-0.3, -0.25) is 0 Å². The molecule has 0 amide bonds. The van der Waals surface area contributed by atoms with Gasteiger partial charge in [0.1, 0.15) is 12.1 Å². The van der Waals surface area contributed by atoms with Crippen LogP contribution in [-0.4, -0.2) is 42.1 Å². The second-order valence-electron chi connectivity index (χ2n) is 5.23. The Kier molecular flexibility index (Phi) is 5.07. The average molecular weight is 270 g/mol. The summed E-state index contributed by atoms with van der Waals surface area (Å²) in [6, 6.07) is 12.5. The molecule has 106 valence electrons. The molecule has 1 aromatic carbocycles. The zero-order valence-corrected chi connectivity index (χ0v) is 12.5. The van der Waals surface area contributed by atoms with Gasteiger partial charge in [0.15, 0.2) is 0 Å². The Morgan fingerprint density at radius 1 is 1.00 bits per heavy atom. The second-order valence-corrected chi connectivity index (χ2v) is 5.23. The monoisotopic (exact) mass is 270 g/mol. The summed E-state index contributed by atoms with van der Waals surface area (Å²) in [6.45, 7) is 4.80. The summed E-state index contributed by atoms with van der Waals surface area (Å²) in [5.41, 5.74) is 2.29. The third kappa shape index (κ3) is 4.31. The lowest BCUT2D eigenvalue weighted by Gasteiger charge is -2.25. The number of rotatable bonds is 6. The summed E-state index contributed by atoms with van der Waals surface area (Å²) < 4.78 is 0. The average Bonchev–Trinajstić information content (AvgIpc) is 2.44. The van der Waals surface area contributed by atoms with Crippen molar-refractivity contribution in [2.24, 2.45) is 0 Å². The van der Waals surface area contributed by atoms with Crippen LogP contribution in [-0.2, 0) is 6.54 Å². The third-order valence-electron chi connectivity index (χ3n) is 3.15. The van der Waals surface area contributed by atoms with E-state index in [4.69, 9.17) is 0 Å². The van der Waals surface area contributed by atoms with Crippen molar-refractivity contribution in [2.45, 2.75) is 13.5 Å². The van der Waals surface area contributed by atoms with Crippen LogP contribution in [0.3, 0.4) is 0 Å². The van der Waals surface area contributed by atoms with Crippen molar-refractivity contribution in [3.8, 4) is 0 Å². The fourth-order valence-electron chi connectivity index (χ4n) is 2.01. The molecule has 0 fully saturated rings. The Morgan fingerprint density at radius 3 is 2.40 bits per heavy atom. The lowest BCUT2D eigenvalue weighted by Crippen LogP contribution is -2.32. The van der Waals surface area contributed by atoms with Crippen molar-refractivity contribution < 1.29 is 0 Å². The SMILES string of the molecule is Cc1cc(N(CCN(C)C)Cc2ccccc2)ncn1. The lowest BCUT2D eigenvalue weighted by molar-refractivity contribution is 0.412. The minimum Gasteiger partial charge on any atom is -0.351 e. The molecule has 0 spiro atoms. The van der Waals surface area contributed by atoms with Gasteiger partial charge >= 0.3 is 0 Å². The first-order valence-electron chi connectivity index (χ1n) is 6.87. The Balaban J connectivity index is 2.16. The number of likely N-dealkylation sites (N-methyl/N-ethyl adjacent to an activating group) is 1. The van der Waals surface area contributed by atoms with E-state index in [-0.39, 0.29) is 0 Å². The van der Waals surface area contributed by atoms with Gasteiger partial charge in [-0.25, -0.2) is 9.97 Å². The van der Waals surface area contributed by atoms with E-state index in [0.29, 0.717) is 0 Å². The molecule has 0 aliphatic rings. The smallest absolute Gasteiger partial charge is 0.132 e. The molecule has 4 heteroatoms. The van der Waals surface area contributed by atoms with Crippen LogP contribution in [0.1, 0.15) is 11.3 Å². The highest BCUT2D eigenvalue weighted by Gasteiger charge is 2.09. The first kappa shape index (κ1) is 14.5. The van der Waals surface area contributed by atoms with Gasteiger partial charge in [0.2, 0.25) is 0 Å². The van der Waals surface area contributed by atoms with E-state index >= 15 is 0 Å². The number of benzene rings is 1. The van der Waals surface area contributed by atoms with Gasteiger partial charge in [0.25, 0.3) is 0 Å². The molecule has 0 saturated carbocycles. The number of hydrogen-bond acceptors (Lipinski definition) is 4. The van der Waals surface area contributed by atoms with Crippen LogP contribution in [0.2, 0.25) is 0 Å². The summed E-state index contributed by atoms with van der Waals surface area (Å²) >= 11 is 0. The maximum atomic E-state index is 4.41. The topological polar surface area (TPSA) is 32.3 Å². The van der Waals surface area contributed by atoms with Gasteiger partial charge in [-0.2, -0.15) is 0 Å². The van der Waals surface area contributed by atoms with Crippen molar-refractivity contribution in [3.63, 3.8) is 0 Å². The Hall–Kier alpha value is -1.94. The fourth-order valence-corrected chi connectivity index (χ4v) is 2.01. The Morgan fingerprint density at radius 2 is 1.75 bits per heavy atom. The summed E-state index contributed by atoms with van der Waals surface area (Å²) in [5, 5.41) is 0. The van der Waals surface area contributed by atoms with Crippen molar-refractivity contribution in [2.75, 3.05) is 32.1 Å². The first-order chi connectivity index (χ1) is 9.65. The quantitative estimate of drug-likeness (QED) is 0.806. The predicted octanol–water partition coefficient (Wildman–Crippen LogP) is 2.35.